The van der Waals surface area contributed by atoms with Crippen LogP contribution >= 0.6 is 23.2 Å². The van der Waals surface area contributed by atoms with Crippen molar-refractivity contribution in [2.75, 3.05) is 38.5 Å². The first-order chi connectivity index (χ1) is 17.0. The quantitative estimate of drug-likeness (QED) is 0.426. The van der Waals surface area contributed by atoms with Gasteiger partial charge in [0.1, 0.15) is 11.9 Å². The molecule has 0 spiro atoms. The highest BCUT2D eigenvalue weighted by atomic mass is 35.5. The second-order valence-electron chi connectivity index (χ2n) is 8.08. The summed E-state index contributed by atoms with van der Waals surface area (Å²) in [5.41, 5.74) is 0.276. The van der Waals surface area contributed by atoms with E-state index in [9.17, 15) is 13.2 Å². The molecule has 0 unspecified atom stereocenters. The Kier molecular flexibility index (Phi) is 11.9. The maximum absolute atomic E-state index is 12.4. The Labute approximate surface area is 220 Å². The van der Waals surface area contributed by atoms with Crippen LogP contribution in [0.15, 0.2) is 47.4 Å². The van der Waals surface area contributed by atoms with E-state index in [0.717, 1.165) is 32.9 Å². The zero-order valence-electron chi connectivity index (χ0n) is 19.8. The lowest BCUT2D eigenvalue weighted by molar-refractivity contribution is -0.134. The highest BCUT2D eigenvalue weighted by Crippen LogP contribution is 2.28. The third-order valence-corrected chi connectivity index (χ3v) is 7.69. The molecular weight excluding hydrogens is 531 g/mol. The Hall–Kier alpha value is -2.37. The maximum Gasteiger partial charge on any atom is 0.300 e. The normalized spacial score (nSPS) is 14.4. The lowest BCUT2D eigenvalue weighted by atomic mass is 10.1. The van der Waals surface area contributed by atoms with Crippen molar-refractivity contribution >= 4 is 44.9 Å². The molecule has 1 fully saturated rings. The fraction of sp³-hybridized carbons (Fsp3) is 0.417. The zero-order chi connectivity index (χ0) is 26.7. The molecular formula is C24H30Cl2N2O7S. The minimum Gasteiger partial charge on any atom is -0.490 e. The van der Waals surface area contributed by atoms with Gasteiger partial charge >= 0.3 is 0 Å². The van der Waals surface area contributed by atoms with E-state index in [1.165, 1.54) is 18.2 Å². The van der Waals surface area contributed by atoms with E-state index in [-0.39, 0.29) is 28.2 Å². The number of ether oxygens (including phenoxy) is 1. The number of aliphatic carboxylic acids is 1. The Morgan fingerprint density at radius 3 is 2.39 bits per heavy atom. The van der Waals surface area contributed by atoms with Gasteiger partial charge in [-0.2, -0.15) is 0 Å². The predicted molar refractivity (Wildman–Crippen MR) is 138 cm³/mol. The van der Waals surface area contributed by atoms with Crippen molar-refractivity contribution in [2.24, 2.45) is 0 Å². The summed E-state index contributed by atoms with van der Waals surface area (Å²) in [7, 11) is -3.60. The number of sulfone groups is 1. The van der Waals surface area contributed by atoms with Crippen LogP contribution in [0.5, 0.6) is 5.75 Å². The van der Waals surface area contributed by atoms with E-state index < -0.39 is 22.4 Å². The number of amides is 1. The molecule has 3 rings (SSSR count). The van der Waals surface area contributed by atoms with Gasteiger partial charge in [-0.05, 0) is 43.2 Å². The summed E-state index contributed by atoms with van der Waals surface area (Å²) in [4.78, 5) is 23.7. The summed E-state index contributed by atoms with van der Waals surface area (Å²) < 4.78 is 30.2. The van der Waals surface area contributed by atoms with Crippen LogP contribution in [0.25, 0.3) is 0 Å². The summed E-state index contributed by atoms with van der Waals surface area (Å²) in [6.07, 6.45) is 1.82. The average Bonchev–Trinajstić information content (AvgIpc) is 2.82. The molecule has 0 aromatic heterocycles. The van der Waals surface area contributed by atoms with Crippen molar-refractivity contribution in [1.29, 1.82) is 0 Å². The molecule has 1 aliphatic heterocycles. The van der Waals surface area contributed by atoms with E-state index in [1.54, 1.807) is 24.3 Å². The molecule has 1 amide bonds. The van der Waals surface area contributed by atoms with Gasteiger partial charge in [0, 0.05) is 44.7 Å². The van der Waals surface area contributed by atoms with E-state index >= 15 is 0 Å². The summed E-state index contributed by atoms with van der Waals surface area (Å²) in [5.74, 6) is -0.833. The van der Waals surface area contributed by atoms with Gasteiger partial charge in [0.2, 0.25) is 0 Å². The van der Waals surface area contributed by atoms with Gasteiger partial charge in [0.05, 0.1) is 27.3 Å². The second kappa shape index (κ2) is 14.4. The number of carbonyl (C=O) groups excluding carboxylic acids is 1. The Morgan fingerprint density at radius 2 is 1.78 bits per heavy atom. The van der Waals surface area contributed by atoms with Crippen molar-refractivity contribution in [3.63, 3.8) is 0 Å². The van der Waals surface area contributed by atoms with Crippen molar-refractivity contribution in [3.05, 3.63) is 58.1 Å². The highest BCUT2D eigenvalue weighted by molar-refractivity contribution is 7.91. The van der Waals surface area contributed by atoms with Gasteiger partial charge in [-0.25, -0.2) is 8.42 Å². The number of aliphatic hydroxyl groups is 1. The van der Waals surface area contributed by atoms with E-state index in [2.05, 4.69) is 10.2 Å². The maximum atomic E-state index is 12.4. The topological polar surface area (TPSA) is 133 Å². The highest BCUT2D eigenvalue weighted by Gasteiger charge is 2.21. The van der Waals surface area contributed by atoms with Crippen LogP contribution in [0.3, 0.4) is 0 Å². The molecule has 3 N–H and O–H groups in total. The molecule has 0 aliphatic carbocycles. The second-order valence-corrected chi connectivity index (χ2v) is 11.0. The molecule has 1 aliphatic rings. The van der Waals surface area contributed by atoms with Crippen molar-refractivity contribution in [2.45, 2.75) is 30.8 Å². The first-order valence-electron chi connectivity index (χ1n) is 11.3. The number of hydrogen-bond donors (Lipinski definition) is 3. The number of carboxylic acids is 1. The number of carbonyl (C=O) groups is 2. The Morgan fingerprint density at radius 1 is 1.11 bits per heavy atom. The third-order valence-electron chi connectivity index (χ3n) is 5.26. The van der Waals surface area contributed by atoms with Gasteiger partial charge < -0.3 is 25.2 Å². The molecule has 12 heteroatoms. The van der Waals surface area contributed by atoms with Gasteiger partial charge in [-0.15, -0.1) is 0 Å². The van der Waals surface area contributed by atoms with Crippen LogP contribution < -0.4 is 10.1 Å². The lowest BCUT2D eigenvalue weighted by Gasteiger charge is -2.32. The van der Waals surface area contributed by atoms with E-state index in [4.69, 9.17) is 42.9 Å². The fourth-order valence-corrected chi connectivity index (χ4v) is 4.85. The Bertz CT molecular complexity index is 1130. The third kappa shape index (κ3) is 9.94. The lowest BCUT2D eigenvalue weighted by Crippen LogP contribution is -2.42. The molecule has 9 nitrogen and oxygen atoms in total. The zero-order valence-corrected chi connectivity index (χ0v) is 22.2. The number of nitrogens with one attached hydrogen (secondary N) is 1. The molecule has 36 heavy (non-hydrogen) atoms. The number of halogens is 2. The monoisotopic (exact) mass is 560 g/mol. The minimum absolute atomic E-state index is 0.0308. The number of rotatable bonds is 9. The number of nitrogens with zero attached hydrogens (tertiary/aromatic N) is 1. The summed E-state index contributed by atoms with van der Waals surface area (Å²) in [5, 5.41) is 20.1. The van der Waals surface area contributed by atoms with E-state index in [0.29, 0.717) is 28.9 Å². The van der Waals surface area contributed by atoms with E-state index in [1.807, 2.05) is 0 Å². The van der Waals surface area contributed by atoms with Crippen LogP contribution in [0.1, 0.15) is 30.1 Å². The summed E-state index contributed by atoms with van der Waals surface area (Å²) in [6, 6.07) is 11.1. The molecule has 2 aromatic carbocycles. The summed E-state index contributed by atoms with van der Waals surface area (Å²) >= 11 is 12.0. The van der Waals surface area contributed by atoms with Crippen LogP contribution in [-0.4, -0.2) is 80.0 Å². The first kappa shape index (κ1) is 29.9. The Balaban J connectivity index is 0.00000106. The smallest absolute Gasteiger partial charge is 0.300 e. The van der Waals surface area contributed by atoms with Crippen LogP contribution in [0.4, 0.5) is 0 Å². The number of carboxylic acid groups (broad SMARTS) is 1. The molecule has 2 aromatic rings. The molecule has 1 saturated heterocycles. The number of benzene rings is 2. The van der Waals surface area contributed by atoms with Crippen LogP contribution in [0.2, 0.25) is 10.0 Å². The minimum atomic E-state index is -3.60. The van der Waals surface area contributed by atoms with Gasteiger partial charge in [-0.1, -0.05) is 29.3 Å². The summed E-state index contributed by atoms with van der Waals surface area (Å²) in [6.45, 7) is 3.44. The molecule has 0 bridgehead atoms. The standard InChI is InChI=1S/C22H26Cl2N2O5S.C2H4O2/c23-20-5-4-18(15-21(20)24)31-17-6-9-26(10-7-17)11-8-25-22(28)16-2-1-3-19(14-16)32(29,30)13-12-27;1-2(3)4/h1-5,14-15,17,27H,6-13H2,(H,25,28);1H3,(H,3,4). The SMILES string of the molecule is CC(=O)O.O=C(NCCN1CCC(Oc2ccc(Cl)c(Cl)c2)CC1)c1cccc(S(=O)(=O)CCO)c1. The number of aliphatic hydroxyl groups excluding tert-OH is 1. The van der Waals surface area contributed by atoms with Crippen LogP contribution in [-0.2, 0) is 14.6 Å². The van der Waals surface area contributed by atoms with Gasteiger partial charge in [0.25, 0.3) is 11.9 Å². The largest absolute Gasteiger partial charge is 0.490 e. The van der Waals surface area contributed by atoms with Crippen LogP contribution in [0, 0.1) is 0 Å². The molecule has 198 valence electrons. The average molecular weight is 561 g/mol. The molecule has 1 heterocycles. The first-order valence-corrected chi connectivity index (χ1v) is 13.7. The van der Waals surface area contributed by atoms with Crippen molar-refractivity contribution in [3.8, 4) is 5.75 Å². The number of likely N-dealkylation sites (tertiary alicyclic amines) is 1. The predicted octanol–water partition coefficient (Wildman–Crippen LogP) is 3.12. The number of piperidine rings is 1. The van der Waals surface area contributed by atoms with Gasteiger partial charge in [0.15, 0.2) is 9.84 Å². The van der Waals surface area contributed by atoms with Crippen molar-refractivity contribution in [1.82, 2.24) is 10.2 Å². The van der Waals surface area contributed by atoms with Gasteiger partial charge in [-0.3, -0.25) is 9.59 Å². The fourth-order valence-electron chi connectivity index (χ4n) is 3.49. The number of hydrogen-bond acceptors (Lipinski definition) is 7. The van der Waals surface area contributed by atoms with Crippen molar-refractivity contribution < 1.29 is 33.0 Å². The molecule has 0 radical (unpaired) electrons. The molecule has 0 saturated carbocycles. The molecule has 0 atom stereocenters.